The Hall–Kier alpha value is 0.800. The third kappa shape index (κ3) is 21.0. The normalized spacial score (nSPS) is 11.1. The highest BCUT2D eigenvalue weighted by atomic mass is 79.9. The Bertz CT molecular complexity index is 1050. The SMILES string of the molecule is BrCc1c(CBr)c(CBr)c(CBr)c(CBr)c1CBr.NCCCCc1c(CNCCN)c(CNCCN)c(CNCCN)c(CNCCN)c1CNCCN.NCCN. The molecule has 0 aliphatic carbocycles. The summed E-state index contributed by atoms with van der Waals surface area (Å²) in [5.41, 5.74) is 61.2. The molecule has 0 fully saturated rings. The Kier molecular flexibility index (Phi) is 39.9. The maximum atomic E-state index is 5.86. The second-order valence-corrected chi connectivity index (χ2v) is 16.6. The molecule has 0 saturated heterocycles. The molecule has 2 aromatic rings. The van der Waals surface area contributed by atoms with Gasteiger partial charge in [-0.05, 0) is 92.6 Å². The van der Waals surface area contributed by atoms with Gasteiger partial charge in [0.15, 0.2) is 0 Å². The Morgan fingerprint density at radius 3 is 0.655 bits per heavy atom. The summed E-state index contributed by atoms with van der Waals surface area (Å²) in [7, 11) is 0. The minimum absolute atomic E-state index is 0.592. The summed E-state index contributed by atoms with van der Waals surface area (Å²) in [4.78, 5) is 0. The Labute approximate surface area is 400 Å². The molecule has 0 heterocycles. The summed E-state index contributed by atoms with van der Waals surface area (Å²) in [6.45, 7) is 12.4. The van der Waals surface area contributed by atoms with Crippen molar-refractivity contribution in [3.63, 3.8) is 0 Å². The molecular weight excluding hydrogens is 1130 g/mol. The van der Waals surface area contributed by atoms with Gasteiger partial charge in [0.2, 0.25) is 0 Å². The fourth-order valence-corrected chi connectivity index (χ4v) is 10.6. The zero-order valence-corrected chi connectivity index (χ0v) is 44.0. The molecule has 338 valence electrons. The van der Waals surface area contributed by atoms with Crippen molar-refractivity contribution in [2.45, 2.75) is 84.0 Å². The lowest BCUT2D eigenvalue weighted by Crippen LogP contribution is -2.32. The molecule has 0 aliphatic heterocycles. The van der Waals surface area contributed by atoms with Gasteiger partial charge in [-0.2, -0.15) is 0 Å². The van der Waals surface area contributed by atoms with Crippen molar-refractivity contribution in [2.24, 2.45) is 45.9 Å². The van der Waals surface area contributed by atoms with Crippen LogP contribution in [0.5, 0.6) is 0 Å². The van der Waals surface area contributed by atoms with E-state index in [1.54, 1.807) is 0 Å². The third-order valence-electron chi connectivity index (χ3n) is 9.34. The number of alkyl halides is 6. The van der Waals surface area contributed by atoms with Gasteiger partial charge in [0.25, 0.3) is 0 Å². The van der Waals surface area contributed by atoms with Crippen LogP contribution in [0, 0.1) is 0 Å². The maximum Gasteiger partial charge on any atom is 0.0289 e. The molecule has 2 aromatic carbocycles. The second-order valence-electron chi connectivity index (χ2n) is 13.2. The van der Waals surface area contributed by atoms with Crippen LogP contribution in [0.15, 0.2) is 0 Å². The van der Waals surface area contributed by atoms with Gasteiger partial charge in [-0.1, -0.05) is 95.6 Å². The number of nitrogens with two attached hydrogens (primary N) is 8. The molecule has 21 N–H and O–H groups in total. The fourth-order valence-electron chi connectivity index (χ4n) is 6.55. The van der Waals surface area contributed by atoms with E-state index in [1.807, 2.05) is 0 Å². The zero-order chi connectivity index (χ0) is 43.6. The van der Waals surface area contributed by atoms with E-state index in [1.165, 1.54) is 66.8 Å². The van der Waals surface area contributed by atoms with Crippen LogP contribution in [0.25, 0.3) is 0 Å². The summed E-state index contributed by atoms with van der Waals surface area (Å²) in [5.74, 6) is 0. The van der Waals surface area contributed by atoms with Crippen LogP contribution in [0.2, 0.25) is 0 Å². The van der Waals surface area contributed by atoms with Crippen LogP contribution in [0.3, 0.4) is 0 Å². The van der Waals surface area contributed by atoms with Crippen molar-refractivity contribution in [1.82, 2.24) is 26.6 Å². The lowest BCUT2D eigenvalue weighted by molar-refractivity contribution is 0.609. The minimum Gasteiger partial charge on any atom is -0.330 e. The third-order valence-corrected chi connectivity index (χ3v) is 12.7. The monoisotopic (exact) mass is 1200 g/mol. The van der Waals surface area contributed by atoms with Crippen LogP contribution in [-0.4, -0.2) is 85.1 Å². The number of unbranched alkanes of at least 4 members (excludes halogenated alkanes) is 1. The van der Waals surface area contributed by atoms with Crippen molar-refractivity contribution in [3.8, 4) is 0 Å². The molecule has 0 spiro atoms. The molecule has 0 bridgehead atoms. The fraction of sp³-hybridized carbons (Fsp3) is 0.692. The van der Waals surface area contributed by atoms with Gasteiger partial charge in [-0.15, -0.1) is 0 Å². The molecule has 2 rings (SSSR count). The second kappa shape index (κ2) is 39.4. The summed E-state index contributed by atoms with van der Waals surface area (Å²) >= 11 is 21.8. The van der Waals surface area contributed by atoms with Gasteiger partial charge < -0.3 is 72.5 Å². The summed E-state index contributed by atoms with van der Waals surface area (Å²) in [6.07, 6.45) is 3.01. The molecule has 0 amide bonds. The molecule has 58 heavy (non-hydrogen) atoms. The van der Waals surface area contributed by atoms with Crippen molar-refractivity contribution in [1.29, 1.82) is 0 Å². The van der Waals surface area contributed by atoms with E-state index in [0.717, 1.165) is 117 Å². The Morgan fingerprint density at radius 1 is 0.259 bits per heavy atom. The van der Waals surface area contributed by atoms with E-state index in [2.05, 4.69) is 122 Å². The predicted molar refractivity (Wildman–Crippen MR) is 273 cm³/mol. The number of benzene rings is 2. The average Bonchev–Trinajstić information content (AvgIpc) is 3.25. The average molecular weight is 1210 g/mol. The molecule has 0 saturated carbocycles. The summed E-state index contributed by atoms with van der Waals surface area (Å²) < 4.78 is 0. The van der Waals surface area contributed by atoms with Gasteiger partial charge in [0, 0.05) is 143 Å². The van der Waals surface area contributed by atoms with Crippen molar-refractivity contribution in [2.75, 3.05) is 85.1 Å². The summed E-state index contributed by atoms with van der Waals surface area (Å²) in [5, 5.41) is 23.1. The van der Waals surface area contributed by atoms with Gasteiger partial charge in [0.1, 0.15) is 0 Å². The molecule has 0 unspecified atom stereocenters. The molecule has 19 heteroatoms. The number of rotatable bonds is 31. The zero-order valence-electron chi connectivity index (χ0n) is 34.5. The number of nitrogens with one attached hydrogen (secondary N) is 5. The van der Waals surface area contributed by atoms with E-state index in [0.29, 0.717) is 52.4 Å². The lowest BCUT2D eigenvalue weighted by atomic mass is 9.83. The van der Waals surface area contributed by atoms with Gasteiger partial charge in [-0.25, -0.2) is 0 Å². The molecule has 0 aliphatic rings. The predicted octanol–water partition coefficient (Wildman–Crippen LogP) is 3.17. The van der Waals surface area contributed by atoms with Gasteiger partial charge in [-0.3, -0.25) is 0 Å². The molecule has 0 radical (unpaired) electrons. The van der Waals surface area contributed by atoms with Crippen molar-refractivity contribution >= 4 is 95.6 Å². The van der Waals surface area contributed by atoms with E-state index < -0.39 is 0 Å². The Morgan fingerprint density at radius 2 is 0.483 bits per heavy atom. The first kappa shape index (κ1) is 58.8. The van der Waals surface area contributed by atoms with E-state index in [9.17, 15) is 0 Å². The van der Waals surface area contributed by atoms with Gasteiger partial charge in [0.05, 0.1) is 0 Å². The largest absolute Gasteiger partial charge is 0.330 e. The smallest absolute Gasteiger partial charge is 0.0289 e. The van der Waals surface area contributed by atoms with Crippen LogP contribution >= 0.6 is 95.6 Å². The lowest BCUT2D eigenvalue weighted by Gasteiger charge is -2.28. The van der Waals surface area contributed by atoms with Crippen molar-refractivity contribution in [3.05, 3.63) is 66.8 Å². The molecule has 0 atom stereocenters. The van der Waals surface area contributed by atoms with Gasteiger partial charge >= 0.3 is 0 Å². The van der Waals surface area contributed by atoms with E-state index >= 15 is 0 Å². The highest BCUT2D eigenvalue weighted by molar-refractivity contribution is 9.09. The van der Waals surface area contributed by atoms with Crippen LogP contribution in [0.1, 0.15) is 79.6 Å². The number of hydrogen-bond acceptors (Lipinski definition) is 13. The van der Waals surface area contributed by atoms with E-state index in [4.69, 9.17) is 45.9 Å². The van der Waals surface area contributed by atoms with Crippen LogP contribution in [0.4, 0.5) is 0 Å². The summed E-state index contributed by atoms with van der Waals surface area (Å²) in [6, 6.07) is 0. The standard InChI is InChI=1S/C25H55N11.C12H12Br6.C2H8N2/c26-4-2-1-3-20-21(15-32-10-5-27)23(17-34-12-7-29)25(19-36-14-9-31)24(18-35-13-8-30)22(20)16-33-11-6-28;13-1-7-8(2-14)10(4-16)12(6-18)11(5-17)9(7)3-15;3-1-2-4/h32-36H,1-19,26-31H2;1-6H2;1-4H2. The highest BCUT2D eigenvalue weighted by Gasteiger charge is 2.23. The Balaban J connectivity index is 0.00000122. The quantitative estimate of drug-likeness (QED) is 0.0383. The van der Waals surface area contributed by atoms with Crippen LogP contribution in [-0.2, 0) is 71.1 Å². The first-order chi connectivity index (χ1) is 28.3. The maximum absolute atomic E-state index is 5.86. The molecule has 0 aromatic heterocycles. The highest BCUT2D eigenvalue weighted by Crippen LogP contribution is 2.36. The van der Waals surface area contributed by atoms with Crippen molar-refractivity contribution < 1.29 is 0 Å². The van der Waals surface area contributed by atoms with Crippen LogP contribution < -0.4 is 72.5 Å². The molecule has 13 nitrogen and oxygen atoms in total. The molecular formula is C39H75Br6N13. The minimum atomic E-state index is 0.592. The first-order valence-corrected chi connectivity index (χ1v) is 26.9. The number of halogens is 6. The topological polar surface area (TPSA) is 268 Å². The van der Waals surface area contributed by atoms with E-state index in [-0.39, 0.29) is 0 Å². The first-order valence-electron chi connectivity index (χ1n) is 20.1. The number of hydrogen-bond donors (Lipinski definition) is 13.